The fourth-order valence-corrected chi connectivity index (χ4v) is 1.92. The normalized spacial score (nSPS) is 13.5. The molecule has 0 fully saturated rings. The maximum absolute atomic E-state index is 13.2. The number of hydrogen-bond donors (Lipinski definition) is 1. The van der Waals surface area contributed by atoms with E-state index >= 15 is 0 Å². The van der Waals surface area contributed by atoms with E-state index in [1.54, 1.807) is 0 Å². The van der Waals surface area contributed by atoms with Crippen LogP contribution in [-0.4, -0.2) is 26.0 Å². The summed E-state index contributed by atoms with van der Waals surface area (Å²) < 4.78 is 72.7. The molecule has 1 N–H and O–H groups in total. The van der Waals surface area contributed by atoms with Crippen LogP contribution < -0.4 is 5.32 Å². The van der Waals surface area contributed by atoms with E-state index in [4.69, 9.17) is 0 Å². The summed E-state index contributed by atoms with van der Waals surface area (Å²) in [5, 5.41) is 2.74. The van der Waals surface area contributed by atoms with Crippen molar-refractivity contribution in [3.63, 3.8) is 0 Å². The second-order valence-electron chi connectivity index (χ2n) is 5.48. The maximum atomic E-state index is 13.2. The van der Waals surface area contributed by atoms with Crippen LogP contribution in [0.4, 0.5) is 17.6 Å². The second-order valence-corrected chi connectivity index (χ2v) is 8.13. The first kappa shape index (κ1) is 17.9. The zero-order chi connectivity index (χ0) is 16.5. The van der Waals surface area contributed by atoms with Crippen LogP contribution in [-0.2, 0) is 22.6 Å². The SMILES string of the molecule is CC(C)(CNCc1cc(F)cc(C(F)(F)F)c1)S(C)(=O)=O. The Bertz CT molecular complexity index is 609. The summed E-state index contributed by atoms with van der Waals surface area (Å²) >= 11 is 0. The van der Waals surface area contributed by atoms with Crippen molar-refractivity contribution in [2.24, 2.45) is 0 Å². The lowest BCUT2D eigenvalue weighted by atomic mass is 10.1. The first-order valence-corrected chi connectivity index (χ1v) is 7.99. The molecule has 0 saturated carbocycles. The molecule has 8 heteroatoms. The lowest BCUT2D eigenvalue weighted by Crippen LogP contribution is -2.41. The van der Waals surface area contributed by atoms with Crippen molar-refractivity contribution in [3.05, 3.63) is 35.1 Å². The van der Waals surface area contributed by atoms with Crippen LogP contribution in [0.15, 0.2) is 18.2 Å². The lowest BCUT2D eigenvalue weighted by molar-refractivity contribution is -0.137. The Labute approximate surface area is 121 Å². The van der Waals surface area contributed by atoms with Gasteiger partial charge in [-0.2, -0.15) is 13.2 Å². The van der Waals surface area contributed by atoms with Gasteiger partial charge in [-0.3, -0.25) is 0 Å². The average Bonchev–Trinajstić information content (AvgIpc) is 2.25. The maximum Gasteiger partial charge on any atom is 0.416 e. The number of alkyl halides is 3. The van der Waals surface area contributed by atoms with Crippen LogP contribution in [0.2, 0.25) is 0 Å². The Kier molecular flexibility index (Phi) is 5.05. The van der Waals surface area contributed by atoms with Crippen molar-refractivity contribution < 1.29 is 26.0 Å². The number of hydrogen-bond acceptors (Lipinski definition) is 3. The predicted octanol–water partition coefficient (Wildman–Crippen LogP) is 2.76. The molecule has 0 spiro atoms. The topological polar surface area (TPSA) is 46.2 Å². The van der Waals surface area contributed by atoms with Gasteiger partial charge in [0, 0.05) is 19.3 Å². The molecule has 0 atom stereocenters. The number of halogens is 4. The average molecular weight is 327 g/mol. The minimum atomic E-state index is -4.62. The molecule has 0 bridgehead atoms. The fraction of sp³-hybridized carbons (Fsp3) is 0.538. The summed E-state index contributed by atoms with van der Waals surface area (Å²) in [5.74, 6) is -0.982. The Morgan fingerprint density at radius 3 is 2.19 bits per heavy atom. The van der Waals surface area contributed by atoms with Gasteiger partial charge in [-0.1, -0.05) is 0 Å². The molecule has 3 nitrogen and oxygen atoms in total. The monoisotopic (exact) mass is 327 g/mol. The van der Waals surface area contributed by atoms with E-state index in [2.05, 4.69) is 5.32 Å². The van der Waals surface area contributed by atoms with Crippen molar-refractivity contribution in [3.8, 4) is 0 Å². The Balaban J connectivity index is 2.80. The van der Waals surface area contributed by atoms with E-state index in [-0.39, 0.29) is 18.7 Å². The van der Waals surface area contributed by atoms with Gasteiger partial charge < -0.3 is 5.32 Å². The molecule has 0 heterocycles. The molecule has 120 valence electrons. The third-order valence-corrected chi connectivity index (χ3v) is 5.32. The van der Waals surface area contributed by atoms with E-state index in [1.807, 2.05) is 0 Å². The summed E-state index contributed by atoms with van der Waals surface area (Å²) in [4.78, 5) is 0. The molecule has 0 aliphatic carbocycles. The van der Waals surface area contributed by atoms with Gasteiger partial charge in [0.15, 0.2) is 9.84 Å². The Morgan fingerprint density at radius 2 is 1.71 bits per heavy atom. The molecular formula is C13H17F4NO2S. The summed E-state index contributed by atoms with van der Waals surface area (Å²) in [7, 11) is -3.31. The third kappa shape index (κ3) is 4.96. The van der Waals surface area contributed by atoms with Gasteiger partial charge >= 0.3 is 6.18 Å². The van der Waals surface area contributed by atoms with Crippen LogP contribution >= 0.6 is 0 Å². The highest BCUT2D eigenvalue weighted by atomic mass is 32.2. The number of benzene rings is 1. The highest BCUT2D eigenvalue weighted by Crippen LogP contribution is 2.30. The molecule has 0 amide bonds. The van der Waals surface area contributed by atoms with Gasteiger partial charge in [-0.05, 0) is 37.6 Å². The van der Waals surface area contributed by atoms with E-state index < -0.39 is 32.1 Å². The molecule has 1 aromatic carbocycles. The highest BCUT2D eigenvalue weighted by Gasteiger charge is 2.32. The van der Waals surface area contributed by atoms with E-state index in [1.165, 1.54) is 13.8 Å². The van der Waals surface area contributed by atoms with Crippen molar-refractivity contribution >= 4 is 9.84 Å². The zero-order valence-electron chi connectivity index (χ0n) is 11.9. The number of nitrogens with one attached hydrogen (secondary N) is 1. The van der Waals surface area contributed by atoms with Crippen molar-refractivity contribution in [2.45, 2.75) is 31.3 Å². The van der Waals surface area contributed by atoms with Crippen molar-refractivity contribution in [2.75, 3.05) is 12.8 Å². The molecule has 1 aromatic rings. The van der Waals surface area contributed by atoms with Crippen molar-refractivity contribution in [1.82, 2.24) is 5.32 Å². The third-order valence-electron chi connectivity index (χ3n) is 3.17. The van der Waals surface area contributed by atoms with Gasteiger partial charge in [-0.25, -0.2) is 12.8 Å². The largest absolute Gasteiger partial charge is 0.416 e. The Hall–Kier alpha value is -1.15. The summed E-state index contributed by atoms with van der Waals surface area (Å²) in [6.45, 7) is 2.99. The molecule has 0 saturated heterocycles. The summed E-state index contributed by atoms with van der Waals surface area (Å²) in [6, 6.07) is 2.24. The van der Waals surface area contributed by atoms with Crippen LogP contribution in [0, 0.1) is 5.82 Å². The first-order valence-electron chi connectivity index (χ1n) is 6.10. The molecule has 0 unspecified atom stereocenters. The molecule has 21 heavy (non-hydrogen) atoms. The quantitative estimate of drug-likeness (QED) is 0.846. The van der Waals surface area contributed by atoms with Crippen LogP contribution in [0.5, 0.6) is 0 Å². The predicted molar refractivity (Wildman–Crippen MR) is 72.0 cm³/mol. The van der Waals surface area contributed by atoms with Gasteiger partial charge in [0.25, 0.3) is 0 Å². The standard InChI is InChI=1S/C13H17F4NO2S/c1-12(2,21(3,19)20)8-18-7-9-4-10(13(15,16)17)6-11(14)5-9/h4-6,18H,7-8H2,1-3H3. The van der Waals surface area contributed by atoms with Gasteiger partial charge in [0.2, 0.25) is 0 Å². The smallest absolute Gasteiger partial charge is 0.311 e. The van der Waals surface area contributed by atoms with E-state index in [9.17, 15) is 26.0 Å². The van der Waals surface area contributed by atoms with Gasteiger partial charge in [0.1, 0.15) is 5.82 Å². The van der Waals surface area contributed by atoms with Crippen LogP contribution in [0.3, 0.4) is 0 Å². The Morgan fingerprint density at radius 1 is 1.14 bits per heavy atom. The van der Waals surface area contributed by atoms with Gasteiger partial charge in [0.05, 0.1) is 10.3 Å². The highest BCUT2D eigenvalue weighted by molar-refractivity contribution is 7.92. The first-order chi connectivity index (χ1) is 9.33. The van der Waals surface area contributed by atoms with Crippen LogP contribution in [0.1, 0.15) is 25.0 Å². The molecular weight excluding hydrogens is 310 g/mol. The van der Waals surface area contributed by atoms with Crippen LogP contribution in [0.25, 0.3) is 0 Å². The summed E-state index contributed by atoms with van der Waals surface area (Å²) in [5.41, 5.74) is -0.965. The minimum Gasteiger partial charge on any atom is -0.311 e. The number of rotatable bonds is 5. The second kappa shape index (κ2) is 5.92. The molecule has 0 radical (unpaired) electrons. The summed E-state index contributed by atoms with van der Waals surface area (Å²) in [6.07, 6.45) is -3.54. The number of sulfone groups is 1. The zero-order valence-corrected chi connectivity index (χ0v) is 12.7. The van der Waals surface area contributed by atoms with Gasteiger partial charge in [-0.15, -0.1) is 0 Å². The van der Waals surface area contributed by atoms with E-state index in [0.717, 1.165) is 18.4 Å². The fourth-order valence-electron chi connectivity index (χ4n) is 1.56. The molecule has 0 aliphatic heterocycles. The minimum absolute atomic E-state index is 0.0453. The molecule has 0 aromatic heterocycles. The molecule has 1 rings (SSSR count). The van der Waals surface area contributed by atoms with Crippen molar-refractivity contribution in [1.29, 1.82) is 0 Å². The molecule has 0 aliphatic rings. The van der Waals surface area contributed by atoms with E-state index in [0.29, 0.717) is 6.07 Å². The lowest BCUT2D eigenvalue weighted by Gasteiger charge is -2.23.